The molecule has 2 aromatic rings. The van der Waals surface area contributed by atoms with Crippen LogP contribution in [-0.4, -0.2) is 27.6 Å². The van der Waals surface area contributed by atoms with Gasteiger partial charge in [-0.1, -0.05) is 0 Å². The number of nitrogens with two attached hydrogens (primary N) is 1. The predicted octanol–water partition coefficient (Wildman–Crippen LogP) is 0.638. The molecule has 6 nitrogen and oxygen atoms in total. The average Bonchev–Trinajstić information content (AvgIpc) is 2.88. The van der Waals surface area contributed by atoms with Crippen LogP contribution < -0.4 is 11.1 Å². The second-order valence-corrected chi connectivity index (χ2v) is 3.79. The van der Waals surface area contributed by atoms with E-state index in [1.165, 1.54) is 6.33 Å². The first-order valence-electron chi connectivity index (χ1n) is 5.45. The molecule has 0 radical (unpaired) electrons. The molecule has 1 aromatic carbocycles. The number of nitrogens with one attached hydrogen (secondary N) is 2. The number of amides is 1. The zero-order valence-corrected chi connectivity index (χ0v) is 9.78. The molecule has 1 aromatic heterocycles. The molecule has 0 aliphatic heterocycles. The Morgan fingerprint density at radius 1 is 1.37 bits per heavy atom. The fourth-order valence-corrected chi connectivity index (χ4v) is 1.46. The van der Waals surface area contributed by atoms with Crippen molar-refractivity contribution in [2.75, 3.05) is 12.3 Å². The third-order valence-corrected chi connectivity index (χ3v) is 2.45. The predicted molar refractivity (Wildman–Crippen MR) is 63.2 cm³/mol. The number of nitrogen functional groups attached to an aromatic ring is 1. The van der Waals surface area contributed by atoms with E-state index in [2.05, 4.69) is 20.5 Å². The van der Waals surface area contributed by atoms with Crippen molar-refractivity contribution in [3.05, 3.63) is 41.5 Å². The Balaban J connectivity index is 1.96. The van der Waals surface area contributed by atoms with Crippen LogP contribution in [-0.2, 0) is 6.42 Å². The molecule has 100 valence electrons. The molecule has 19 heavy (non-hydrogen) atoms. The highest BCUT2D eigenvalue weighted by molar-refractivity contribution is 5.94. The first kappa shape index (κ1) is 12.9. The van der Waals surface area contributed by atoms with Crippen molar-refractivity contribution in [2.45, 2.75) is 6.42 Å². The van der Waals surface area contributed by atoms with E-state index in [1.54, 1.807) is 0 Å². The van der Waals surface area contributed by atoms with Gasteiger partial charge >= 0.3 is 0 Å². The number of rotatable bonds is 4. The van der Waals surface area contributed by atoms with Crippen LogP contribution in [0.5, 0.6) is 0 Å². The molecule has 0 fully saturated rings. The van der Waals surface area contributed by atoms with Gasteiger partial charge in [-0.05, 0) is 12.1 Å². The largest absolute Gasteiger partial charge is 0.394 e. The lowest BCUT2D eigenvalue weighted by atomic mass is 10.1. The molecule has 0 unspecified atom stereocenters. The fourth-order valence-electron chi connectivity index (χ4n) is 1.46. The molecule has 0 spiro atoms. The highest BCUT2D eigenvalue weighted by Gasteiger charge is 2.12. The number of aromatic nitrogens is 3. The average molecular weight is 267 g/mol. The molecule has 0 aliphatic carbocycles. The minimum Gasteiger partial charge on any atom is -0.394 e. The van der Waals surface area contributed by atoms with Crippen LogP contribution in [0.2, 0.25) is 0 Å². The number of hydrogen-bond donors (Lipinski definition) is 3. The summed E-state index contributed by atoms with van der Waals surface area (Å²) in [6.45, 7) is 0.266. The Hall–Kier alpha value is -2.51. The molecule has 0 atom stereocenters. The van der Waals surface area contributed by atoms with E-state index in [-0.39, 0.29) is 12.1 Å². The normalized spacial score (nSPS) is 10.4. The maximum absolute atomic E-state index is 13.2. The van der Waals surface area contributed by atoms with Gasteiger partial charge in [-0.25, -0.2) is 13.8 Å². The van der Waals surface area contributed by atoms with E-state index in [0.29, 0.717) is 12.2 Å². The second-order valence-electron chi connectivity index (χ2n) is 3.79. The van der Waals surface area contributed by atoms with Gasteiger partial charge in [0.25, 0.3) is 5.91 Å². The lowest BCUT2D eigenvalue weighted by Crippen LogP contribution is -2.26. The number of benzene rings is 1. The van der Waals surface area contributed by atoms with Gasteiger partial charge in [0.05, 0.1) is 0 Å². The zero-order valence-electron chi connectivity index (χ0n) is 9.78. The van der Waals surface area contributed by atoms with Crippen LogP contribution in [0.1, 0.15) is 16.2 Å². The lowest BCUT2D eigenvalue weighted by molar-refractivity contribution is 0.0953. The summed E-state index contributed by atoms with van der Waals surface area (Å²) in [5.41, 5.74) is 4.39. The standard InChI is InChI=1S/C11H11F2N5O/c12-7-3-6(4-8(13)10(7)14)11(19)15-2-1-9-16-5-17-18-9/h3-5H,1-2,14H2,(H,15,19)(H,16,17,18). The molecule has 1 amide bonds. The molecular formula is C11H11F2N5O. The van der Waals surface area contributed by atoms with Crippen molar-refractivity contribution >= 4 is 11.6 Å². The van der Waals surface area contributed by atoms with Crippen molar-refractivity contribution < 1.29 is 13.6 Å². The third-order valence-electron chi connectivity index (χ3n) is 2.45. The summed E-state index contributed by atoms with van der Waals surface area (Å²) in [7, 11) is 0. The van der Waals surface area contributed by atoms with Gasteiger partial charge in [0.2, 0.25) is 0 Å². The lowest BCUT2D eigenvalue weighted by Gasteiger charge is -2.06. The number of aromatic amines is 1. The van der Waals surface area contributed by atoms with E-state index < -0.39 is 23.2 Å². The van der Waals surface area contributed by atoms with Crippen molar-refractivity contribution in [2.24, 2.45) is 0 Å². The summed E-state index contributed by atoms with van der Waals surface area (Å²) in [5, 5.41) is 8.79. The molecule has 1 heterocycles. The Morgan fingerprint density at radius 3 is 2.63 bits per heavy atom. The summed E-state index contributed by atoms with van der Waals surface area (Å²) < 4.78 is 26.4. The van der Waals surface area contributed by atoms with E-state index in [9.17, 15) is 13.6 Å². The minimum absolute atomic E-state index is 0.123. The van der Waals surface area contributed by atoms with Gasteiger partial charge < -0.3 is 11.1 Å². The molecule has 2 rings (SSSR count). The number of hydrogen-bond acceptors (Lipinski definition) is 4. The molecule has 8 heteroatoms. The zero-order chi connectivity index (χ0) is 13.8. The Morgan fingerprint density at radius 2 is 2.05 bits per heavy atom. The summed E-state index contributed by atoms with van der Waals surface area (Å²) in [6, 6.07) is 1.78. The van der Waals surface area contributed by atoms with Gasteiger partial charge in [-0.3, -0.25) is 9.89 Å². The summed E-state index contributed by atoms with van der Waals surface area (Å²) in [4.78, 5) is 15.5. The Kier molecular flexibility index (Phi) is 3.69. The number of H-pyrrole nitrogens is 1. The number of carbonyl (C=O) groups excluding carboxylic acids is 1. The summed E-state index contributed by atoms with van der Waals surface area (Å²) in [6.07, 6.45) is 1.79. The van der Waals surface area contributed by atoms with E-state index in [4.69, 9.17) is 5.73 Å². The van der Waals surface area contributed by atoms with Crippen LogP contribution in [0.3, 0.4) is 0 Å². The highest BCUT2D eigenvalue weighted by Crippen LogP contribution is 2.17. The topological polar surface area (TPSA) is 96.7 Å². The fraction of sp³-hybridized carbons (Fsp3) is 0.182. The number of anilines is 1. The molecule has 0 aliphatic rings. The van der Waals surface area contributed by atoms with Crippen LogP contribution in [0, 0.1) is 11.6 Å². The molecule has 0 saturated heterocycles. The first-order chi connectivity index (χ1) is 9.08. The SMILES string of the molecule is Nc1c(F)cc(C(=O)NCCc2ncn[nH]2)cc1F. The molecular weight excluding hydrogens is 256 g/mol. The molecule has 4 N–H and O–H groups in total. The Labute approximate surface area is 107 Å². The number of carbonyl (C=O) groups is 1. The van der Waals surface area contributed by atoms with E-state index in [0.717, 1.165) is 12.1 Å². The second kappa shape index (κ2) is 5.42. The third kappa shape index (κ3) is 3.03. The van der Waals surface area contributed by atoms with Crippen LogP contribution in [0.15, 0.2) is 18.5 Å². The molecule has 0 bridgehead atoms. The van der Waals surface area contributed by atoms with Gasteiger partial charge in [0, 0.05) is 18.5 Å². The van der Waals surface area contributed by atoms with E-state index >= 15 is 0 Å². The smallest absolute Gasteiger partial charge is 0.251 e. The Bertz CT molecular complexity index is 562. The van der Waals surface area contributed by atoms with Crippen LogP contribution in [0.4, 0.5) is 14.5 Å². The number of halogens is 2. The summed E-state index contributed by atoms with van der Waals surface area (Å²) >= 11 is 0. The van der Waals surface area contributed by atoms with Crippen LogP contribution in [0.25, 0.3) is 0 Å². The van der Waals surface area contributed by atoms with Crippen molar-refractivity contribution in [3.8, 4) is 0 Å². The number of nitrogens with zero attached hydrogens (tertiary/aromatic N) is 2. The van der Waals surface area contributed by atoms with Crippen LogP contribution >= 0.6 is 0 Å². The van der Waals surface area contributed by atoms with Gasteiger partial charge in [0.1, 0.15) is 29.5 Å². The maximum Gasteiger partial charge on any atom is 0.251 e. The van der Waals surface area contributed by atoms with Crippen molar-refractivity contribution in [1.29, 1.82) is 0 Å². The van der Waals surface area contributed by atoms with Gasteiger partial charge in [-0.2, -0.15) is 5.10 Å². The highest BCUT2D eigenvalue weighted by atomic mass is 19.1. The molecule has 0 saturated carbocycles. The monoisotopic (exact) mass is 267 g/mol. The van der Waals surface area contributed by atoms with Crippen molar-refractivity contribution in [1.82, 2.24) is 20.5 Å². The van der Waals surface area contributed by atoms with Gasteiger partial charge in [-0.15, -0.1) is 0 Å². The van der Waals surface area contributed by atoms with Crippen molar-refractivity contribution in [3.63, 3.8) is 0 Å². The van der Waals surface area contributed by atoms with E-state index in [1.807, 2.05) is 0 Å². The van der Waals surface area contributed by atoms with Gasteiger partial charge in [0.15, 0.2) is 0 Å². The quantitative estimate of drug-likeness (QED) is 0.708. The maximum atomic E-state index is 13.2. The first-order valence-corrected chi connectivity index (χ1v) is 5.45. The minimum atomic E-state index is -0.958. The summed E-state index contributed by atoms with van der Waals surface area (Å²) in [5.74, 6) is -1.90.